The van der Waals surface area contributed by atoms with Crippen molar-refractivity contribution in [3.63, 3.8) is 0 Å². The van der Waals surface area contributed by atoms with Crippen LogP contribution < -0.4 is 5.32 Å². The number of nitrogens with one attached hydrogen (secondary N) is 1. The maximum atomic E-state index is 12.6. The average molecular weight is 339 g/mol. The molecule has 0 aromatic heterocycles. The molecule has 3 atom stereocenters. The number of carbonyl (C=O) groups is 2. The second kappa shape index (κ2) is 5.78. The molecule has 2 amide bonds. The smallest absolute Gasteiger partial charge is 0.244 e. The molecule has 1 N–H and O–H groups in total. The summed E-state index contributed by atoms with van der Waals surface area (Å²) < 4.78 is 0. The van der Waals surface area contributed by atoms with Crippen LogP contribution in [0.15, 0.2) is 24.3 Å². The minimum Gasteiger partial charge on any atom is -0.348 e. The van der Waals surface area contributed by atoms with Crippen molar-refractivity contribution < 1.29 is 9.59 Å². The van der Waals surface area contributed by atoms with E-state index >= 15 is 0 Å². The summed E-state index contributed by atoms with van der Waals surface area (Å²) in [6.07, 6.45) is 1.36. The molecule has 118 valence electrons. The summed E-state index contributed by atoms with van der Waals surface area (Å²) in [5, 5.41) is 3.66. The fourth-order valence-corrected chi connectivity index (χ4v) is 4.81. The van der Waals surface area contributed by atoms with Crippen molar-refractivity contribution in [2.24, 2.45) is 0 Å². The Bertz CT molecular complexity index is 624. The Morgan fingerprint density at radius 2 is 2.32 bits per heavy atom. The van der Waals surface area contributed by atoms with Gasteiger partial charge in [-0.05, 0) is 38.0 Å². The Labute approximate surface area is 139 Å². The summed E-state index contributed by atoms with van der Waals surface area (Å²) in [4.78, 5) is 26.3. The predicted octanol–water partition coefficient (Wildman–Crippen LogP) is 2.97. The van der Waals surface area contributed by atoms with E-state index < -0.39 is 0 Å². The van der Waals surface area contributed by atoms with Crippen molar-refractivity contribution >= 4 is 35.2 Å². The molecule has 22 heavy (non-hydrogen) atoms. The molecule has 0 saturated carbocycles. The van der Waals surface area contributed by atoms with Crippen LogP contribution >= 0.6 is 23.4 Å². The van der Waals surface area contributed by atoms with Gasteiger partial charge in [0.15, 0.2) is 0 Å². The summed E-state index contributed by atoms with van der Waals surface area (Å²) in [6.45, 7) is 3.98. The van der Waals surface area contributed by atoms with Crippen molar-refractivity contribution in [2.75, 3.05) is 5.75 Å². The van der Waals surface area contributed by atoms with Crippen LogP contribution in [-0.2, 0) is 9.59 Å². The molecule has 2 heterocycles. The van der Waals surface area contributed by atoms with Crippen molar-refractivity contribution in [1.82, 2.24) is 10.2 Å². The fourth-order valence-electron chi connectivity index (χ4n) is 3.18. The Hall–Kier alpha value is -1.20. The number of halogens is 1. The van der Waals surface area contributed by atoms with Gasteiger partial charge in [-0.2, -0.15) is 0 Å². The Kier molecular flexibility index (Phi) is 4.12. The lowest BCUT2D eigenvalue weighted by Gasteiger charge is -2.30. The number of thioether (sulfide) groups is 1. The number of rotatable bonds is 3. The van der Waals surface area contributed by atoms with E-state index in [9.17, 15) is 9.59 Å². The summed E-state index contributed by atoms with van der Waals surface area (Å²) in [5.74, 6) is 0.665. The molecule has 2 fully saturated rings. The summed E-state index contributed by atoms with van der Waals surface area (Å²) in [5.41, 5.74) is 0.960. The maximum absolute atomic E-state index is 12.6. The van der Waals surface area contributed by atoms with E-state index in [-0.39, 0.29) is 28.8 Å². The van der Waals surface area contributed by atoms with Crippen LogP contribution in [0.25, 0.3) is 0 Å². The van der Waals surface area contributed by atoms with Crippen molar-refractivity contribution in [3.8, 4) is 0 Å². The second-order valence-electron chi connectivity index (χ2n) is 6.05. The highest BCUT2D eigenvalue weighted by Gasteiger charge is 2.52. The Balaban J connectivity index is 1.71. The Morgan fingerprint density at radius 1 is 1.55 bits per heavy atom. The number of nitrogens with zero attached hydrogens (tertiary/aromatic N) is 1. The molecule has 4 nitrogen and oxygen atoms in total. The zero-order valence-corrected chi connectivity index (χ0v) is 14.2. The molecule has 3 unspecified atom stereocenters. The van der Waals surface area contributed by atoms with Gasteiger partial charge in [0.2, 0.25) is 11.8 Å². The van der Waals surface area contributed by atoms with Crippen molar-refractivity contribution in [2.45, 2.75) is 43.6 Å². The van der Waals surface area contributed by atoms with Gasteiger partial charge in [-0.25, -0.2) is 0 Å². The van der Waals surface area contributed by atoms with Crippen LogP contribution in [0.3, 0.4) is 0 Å². The van der Waals surface area contributed by atoms with Gasteiger partial charge in [-0.15, -0.1) is 11.8 Å². The minimum absolute atomic E-state index is 0.0843. The monoisotopic (exact) mass is 338 g/mol. The van der Waals surface area contributed by atoms with Crippen LogP contribution in [0.5, 0.6) is 0 Å². The van der Waals surface area contributed by atoms with Gasteiger partial charge < -0.3 is 10.2 Å². The highest BCUT2D eigenvalue weighted by atomic mass is 35.5. The zero-order valence-electron chi connectivity index (χ0n) is 12.6. The lowest BCUT2D eigenvalue weighted by atomic mass is 10.1. The summed E-state index contributed by atoms with van der Waals surface area (Å²) in [7, 11) is 0. The van der Waals surface area contributed by atoms with Gasteiger partial charge in [0.05, 0.1) is 10.9 Å². The van der Waals surface area contributed by atoms with E-state index in [0.29, 0.717) is 17.2 Å². The number of hydrogen-bond acceptors (Lipinski definition) is 3. The molecule has 3 rings (SSSR count). The first-order valence-electron chi connectivity index (χ1n) is 7.43. The van der Waals surface area contributed by atoms with Crippen LogP contribution in [0.2, 0.25) is 5.02 Å². The van der Waals surface area contributed by atoms with Crippen LogP contribution in [-0.4, -0.2) is 33.4 Å². The molecule has 0 aliphatic carbocycles. The second-order valence-corrected chi connectivity index (χ2v) is 7.99. The van der Waals surface area contributed by atoms with Gasteiger partial charge in [0, 0.05) is 17.2 Å². The molecule has 0 bridgehead atoms. The maximum Gasteiger partial charge on any atom is 0.244 e. The predicted molar refractivity (Wildman–Crippen MR) is 88.7 cm³/mol. The summed E-state index contributed by atoms with van der Waals surface area (Å²) >= 11 is 7.70. The van der Waals surface area contributed by atoms with E-state index in [1.54, 1.807) is 16.7 Å². The van der Waals surface area contributed by atoms with E-state index in [0.717, 1.165) is 12.0 Å². The molecular formula is C16H19ClN2O2S. The lowest BCUT2D eigenvalue weighted by molar-refractivity contribution is -0.138. The van der Waals surface area contributed by atoms with Gasteiger partial charge in [-0.3, -0.25) is 9.59 Å². The first kappa shape index (κ1) is 15.7. The first-order chi connectivity index (χ1) is 10.4. The third-order valence-electron chi connectivity index (χ3n) is 4.45. The number of hydrogen-bond donors (Lipinski definition) is 1. The number of fused-ring (bicyclic) bond motifs is 1. The third kappa shape index (κ3) is 2.72. The van der Waals surface area contributed by atoms with Crippen LogP contribution in [0.1, 0.15) is 38.3 Å². The highest BCUT2D eigenvalue weighted by Crippen LogP contribution is 2.47. The SMILES string of the molecule is CC(NC(=O)C1CSC2(C)CCC(=O)N12)c1cccc(Cl)c1. The quantitative estimate of drug-likeness (QED) is 0.921. The summed E-state index contributed by atoms with van der Waals surface area (Å²) in [6, 6.07) is 6.95. The van der Waals surface area contributed by atoms with Gasteiger partial charge in [0.1, 0.15) is 6.04 Å². The highest BCUT2D eigenvalue weighted by molar-refractivity contribution is 8.01. The van der Waals surface area contributed by atoms with Crippen LogP contribution in [0.4, 0.5) is 0 Å². The molecular weight excluding hydrogens is 320 g/mol. The average Bonchev–Trinajstić information content (AvgIpc) is 2.96. The van der Waals surface area contributed by atoms with E-state index in [4.69, 9.17) is 11.6 Å². The molecule has 2 aliphatic rings. The van der Waals surface area contributed by atoms with Crippen molar-refractivity contribution in [1.29, 1.82) is 0 Å². The molecule has 0 radical (unpaired) electrons. The van der Waals surface area contributed by atoms with E-state index in [1.807, 2.05) is 31.2 Å². The molecule has 2 saturated heterocycles. The molecule has 6 heteroatoms. The van der Waals surface area contributed by atoms with E-state index in [2.05, 4.69) is 12.2 Å². The third-order valence-corrected chi connectivity index (χ3v) is 6.20. The topological polar surface area (TPSA) is 49.4 Å². The lowest BCUT2D eigenvalue weighted by Crippen LogP contribution is -2.50. The van der Waals surface area contributed by atoms with Crippen molar-refractivity contribution in [3.05, 3.63) is 34.9 Å². The molecule has 1 aromatic carbocycles. The zero-order chi connectivity index (χ0) is 15.9. The van der Waals surface area contributed by atoms with Gasteiger partial charge in [0.25, 0.3) is 0 Å². The van der Waals surface area contributed by atoms with Crippen LogP contribution in [0, 0.1) is 0 Å². The number of benzene rings is 1. The molecule has 2 aliphatic heterocycles. The molecule has 1 aromatic rings. The Morgan fingerprint density at radius 3 is 3.05 bits per heavy atom. The number of carbonyl (C=O) groups excluding carboxylic acids is 2. The molecule has 0 spiro atoms. The first-order valence-corrected chi connectivity index (χ1v) is 8.79. The van der Waals surface area contributed by atoms with Gasteiger partial charge in [-0.1, -0.05) is 23.7 Å². The van der Waals surface area contributed by atoms with Gasteiger partial charge >= 0.3 is 0 Å². The standard InChI is InChI=1S/C16H19ClN2O2S/c1-10(11-4-3-5-12(17)8-11)18-15(21)13-9-22-16(2)7-6-14(20)19(13)16/h3-5,8,10,13H,6-7,9H2,1-2H3,(H,18,21). The number of amides is 2. The fraction of sp³-hybridized carbons (Fsp3) is 0.500. The van der Waals surface area contributed by atoms with E-state index in [1.165, 1.54) is 0 Å². The minimum atomic E-state index is -0.369. The largest absolute Gasteiger partial charge is 0.348 e. The normalized spacial score (nSPS) is 28.6.